The Morgan fingerprint density at radius 2 is 2.03 bits per heavy atom. The van der Waals surface area contributed by atoms with Crippen molar-refractivity contribution in [3.8, 4) is 0 Å². The molecule has 3 aliphatic heterocycles. The second-order valence-corrected chi connectivity index (χ2v) is 10.3. The molecule has 2 bridgehead atoms. The first kappa shape index (κ1) is 23.9. The fraction of sp³-hybridized carbons (Fsp3) is 0.542. The minimum atomic E-state index is -1.23. The molecule has 0 radical (unpaired) electrons. The molecule has 4 rings (SSSR count). The van der Waals surface area contributed by atoms with Crippen LogP contribution >= 0.6 is 15.9 Å². The summed E-state index contributed by atoms with van der Waals surface area (Å²) in [5.41, 5.74) is 1.32. The quantitative estimate of drug-likeness (QED) is 0.401. The highest BCUT2D eigenvalue weighted by molar-refractivity contribution is 9.09. The number of hydrogen-bond donors (Lipinski definition) is 2. The summed E-state index contributed by atoms with van der Waals surface area (Å²) in [7, 11) is 0. The second-order valence-electron chi connectivity index (χ2n) is 9.09. The van der Waals surface area contributed by atoms with E-state index in [4.69, 9.17) is 4.74 Å². The smallest absolute Gasteiger partial charge is 0.310 e. The first-order chi connectivity index (χ1) is 15.7. The van der Waals surface area contributed by atoms with Crippen LogP contribution in [-0.4, -0.2) is 75.2 Å². The number of likely N-dealkylation sites (tertiary alicyclic amines) is 1. The summed E-state index contributed by atoms with van der Waals surface area (Å²) in [5, 5.41) is 19.3. The summed E-state index contributed by atoms with van der Waals surface area (Å²) in [6.45, 7) is 7.88. The summed E-state index contributed by atoms with van der Waals surface area (Å²) < 4.78 is 6.28. The van der Waals surface area contributed by atoms with Gasteiger partial charge in [-0.1, -0.05) is 40.2 Å². The van der Waals surface area contributed by atoms with Crippen molar-refractivity contribution in [1.29, 1.82) is 0 Å². The first-order valence-corrected chi connectivity index (χ1v) is 12.1. The molecule has 6 atom stereocenters. The lowest BCUT2D eigenvalue weighted by Crippen LogP contribution is -2.57. The van der Waals surface area contributed by atoms with E-state index >= 15 is 0 Å². The van der Waals surface area contributed by atoms with Gasteiger partial charge in [0.05, 0.1) is 17.9 Å². The maximum Gasteiger partial charge on any atom is 0.310 e. The van der Waals surface area contributed by atoms with E-state index in [2.05, 4.69) is 22.5 Å². The number of aliphatic carboxylic acids is 1. The van der Waals surface area contributed by atoms with Gasteiger partial charge in [0.2, 0.25) is 5.91 Å². The molecule has 1 spiro atoms. The van der Waals surface area contributed by atoms with Gasteiger partial charge in [-0.05, 0) is 37.8 Å². The molecule has 33 heavy (non-hydrogen) atoms. The number of carbonyl (C=O) groups is 3. The largest absolute Gasteiger partial charge is 0.481 e. The molecule has 3 heterocycles. The fourth-order valence-corrected chi connectivity index (χ4v) is 6.91. The Morgan fingerprint density at radius 1 is 1.36 bits per heavy atom. The van der Waals surface area contributed by atoms with Gasteiger partial charge in [-0.15, -0.1) is 6.58 Å². The topological polar surface area (TPSA) is 107 Å². The van der Waals surface area contributed by atoms with Crippen LogP contribution in [0.1, 0.15) is 24.0 Å². The number of nitrogens with zero attached hydrogens (tertiary/aromatic N) is 2. The van der Waals surface area contributed by atoms with Gasteiger partial charge in [-0.25, -0.2) is 0 Å². The molecular formula is C24H29BrN2O6. The Hall–Kier alpha value is -2.23. The molecule has 3 fully saturated rings. The molecule has 3 aliphatic rings. The number of alkyl halides is 1. The van der Waals surface area contributed by atoms with Crippen LogP contribution in [0.25, 0.3) is 0 Å². The molecule has 178 valence electrons. The number of hydrogen-bond acceptors (Lipinski definition) is 5. The lowest BCUT2D eigenvalue weighted by Gasteiger charge is -2.37. The Bertz CT molecular complexity index is 979. The predicted molar refractivity (Wildman–Crippen MR) is 125 cm³/mol. The number of carboxylic acids is 1. The number of rotatable bonds is 8. The molecule has 2 amide bonds. The average Bonchev–Trinajstić information content (AvgIpc) is 3.34. The molecule has 9 heteroatoms. The third kappa shape index (κ3) is 3.52. The number of para-hydroxylation sites is 1. The summed E-state index contributed by atoms with van der Waals surface area (Å²) in [5.74, 6) is -3.79. The van der Waals surface area contributed by atoms with Gasteiger partial charge in [0.25, 0.3) is 5.91 Å². The number of fused-ring (bicyclic) bond motifs is 1. The van der Waals surface area contributed by atoms with Crippen molar-refractivity contribution in [2.75, 3.05) is 24.6 Å². The van der Waals surface area contributed by atoms with Crippen LogP contribution in [0, 0.1) is 25.7 Å². The highest BCUT2D eigenvalue weighted by Gasteiger charge is 2.76. The van der Waals surface area contributed by atoms with E-state index in [1.807, 2.05) is 32.0 Å². The number of aryl methyl sites for hydroxylation is 2. The highest BCUT2D eigenvalue weighted by Crippen LogP contribution is 2.60. The minimum absolute atomic E-state index is 0.145. The summed E-state index contributed by atoms with van der Waals surface area (Å²) in [4.78, 5) is 42.7. The molecule has 1 aromatic carbocycles. The number of ether oxygens (including phenoxy) is 1. The summed E-state index contributed by atoms with van der Waals surface area (Å²) in [6.07, 6.45) is 1.59. The van der Waals surface area contributed by atoms with Gasteiger partial charge in [-0.3, -0.25) is 14.4 Å². The third-order valence-corrected chi connectivity index (χ3v) is 8.00. The number of amides is 2. The number of anilines is 1. The average molecular weight is 521 g/mol. The zero-order valence-electron chi connectivity index (χ0n) is 18.7. The standard InChI is InChI=1S/C24H29BrN2O6/c1-4-9-26(18-13(2)7-5-8-14(18)3)22(30)20-24-12-15(25)19(33-24)16(23(31)32)17(24)21(29)27(20)10-6-11-28/h4-5,7-8,15-17,19-20,28H,1,6,9-12H2,2-3H3,(H,31,32)/t15?,16-,17+,19-,20-,24+/m1/s1. The minimum Gasteiger partial charge on any atom is -0.481 e. The van der Waals surface area contributed by atoms with Crippen molar-refractivity contribution in [3.05, 3.63) is 42.0 Å². The number of aliphatic hydroxyl groups excluding tert-OH is 1. The second kappa shape index (κ2) is 8.85. The highest BCUT2D eigenvalue weighted by atomic mass is 79.9. The molecular weight excluding hydrogens is 492 g/mol. The lowest BCUT2D eigenvalue weighted by atomic mass is 9.70. The van der Waals surface area contributed by atoms with E-state index in [1.165, 1.54) is 4.90 Å². The molecule has 1 aromatic rings. The van der Waals surface area contributed by atoms with Crippen molar-refractivity contribution in [3.63, 3.8) is 0 Å². The van der Waals surface area contributed by atoms with Gasteiger partial charge in [-0.2, -0.15) is 0 Å². The van der Waals surface area contributed by atoms with Crippen LogP contribution in [0.4, 0.5) is 5.69 Å². The number of carbonyl (C=O) groups excluding carboxylic acids is 2. The van der Waals surface area contributed by atoms with Crippen LogP contribution in [-0.2, 0) is 19.1 Å². The maximum absolute atomic E-state index is 14.2. The van der Waals surface area contributed by atoms with Crippen LogP contribution in [0.3, 0.4) is 0 Å². The van der Waals surface area contributed by atoms with Crippen molar-refractivity contribution in [1.82, 2.24) is 4.90 Å². The van der Waals surface area contributed by atoms with E-state index in [9.17, 15) is 24.6 Å². The fourth-order valence-electron chi connectivity index (χ4n) is 5.97. The van der Waals surface area contributed by atoms with Crippen molar-refractivity contribution in [2.45, 2.75) is 49.3 Å². The van der Waals surface area contributed by atoms with Crippen molar-refractivity contribution in [2.24, 2.45) is 11.8 Å². The number of halogens is 1. The monoisotopic (exact) mass is 520 g/mol. The van der Waals surface area contributed by atoms with E-state index in [0.29, 0.717) is 6.42 Å². The lowest BCUT2D eigenvalue weighted by molar-refractivity contribution is -0.149. The molecule has 1 unspecified atom stereocenters. The number of carboxylic acid groups (broad SMARTS) is 1. The SMILES string of the molecule is C=CCN(C(=O)[C@H]1N(CCCO)C(=O)[C@@H]2[C@@H](C(=O)O)[C@@H]3O[C@@]21CC3Br)c1c(C)cccc1C. The number of aliphatic hydroxyl groups is 1. The van der Waals surface area contributed by atoms with Crippen LogP contribution in [0.2, 0.25) is 0 Å². The normalized spacial score (nSPS) is 32.2. The van der Waals surface area contributed by atoms with Crippen LogP contribution < -0.4 is 4.90 Å². The Kier molecular flexibility index (Phi) is 6.41. The maximum atomic E-state index is 14.2. The molecule has 0 aromatic heterocycles. The first-order valence-electron chi connectivity index (χ1n) is 11.1. The van der Waals surface area contributed by atoms with Gasteiger partial charge in [0.15, 0.2) is 0 Å². The molecule has 8 nitrogen and oxygen atoms in total. The molecule has 2 N–H and O–H groups in total. The summed E-state index contributed by atoms with van der Waals surface area (Å²) in [6, 6.07) is 4.77. The van der Waals surface area contributed by atoms with Crippen molar-refractivity contribution < 1.29 is 29.3 Å². The Labute approximate surface area is 201 Å². The Balaban J connectivity index is 1.83. The molecule has 0 aliphatic carbocycles. The van der Waals surface area contributed by atoms with Gasteiger partial charge >= 0.3 is 5.97 Å². The zero-order chi connectivity index (χ0) is 24.1. The van der Waals surface area contributed by atoms with E-state index < -0.39 is 41.5 Å². The van der Waals surface area contributed by atoms with Crippen molar-refractivity contribution >= 4 is 39.4 Å². The Morgan fingerprint density at radius 3 is 2.61 bits per heavy atom. The zero-order valence-corrected chi connectivity index (χ0v) is 20.3. The predicted octanol–water partition coefficient (Wildman–Crippen LogP) is 2.04. The van der Waals surface area contributed by atoms with Crippen LogP contribution in [0.5, 0.6) is 0 Å². The third-order valence-electron chi connectivity index (χ3n) is 7.15. The number of benzene rings is 1. The van der Waals surface area contributed by atoms with Crippen LogP contribution in [0.15, 0.2) is 30.9 Å². The molecule has 0 saturated carbocycles. The van der Waals surface area contributed by atoms with E-state index in [1.54, 1.807) is 11.0 Å². The van der Waals surface area contributed by atoms with E-state index in [0.717, 1.165) is 16.8 Å². The van der Waals surface area contributed by atoms with Gasteiger partial charge in [0, 0.05) is 30.2 Å². The van der Waals surface area contributed by atoms with Gasteiger partial charge in [0.1, 0.15) is 11.6 Å². The molecule has 3 saturated heterocycles. The summed E-state index contributed by atoms with van der Waals surface area (Å²) >= 11 is 3.54. The van der Waals surface area contributed by atoms with E-state index in [-0.39, 0.29) is 36.9 Å². The van der Waals surface area contributed by atoms with Gasteiger partial charge < -0.3 is 24.7 Å².